The van der Waals surface area contributed by atoms with Crippen LogP contribution in [0.4, 0.5) is 0 Å². The number of benzene rings is 1. The van der Waals surface area contributed by atoms with Crippen molar-refractivity contribution in [3.05, 3.63) is 27.3 Å². The molecule has 1 aromatic rings. The molecule has 16 heavy (non-hydrogen) atoms. The van der Waals surface area contributed by atoms with Crippen LogP contribution in [-0.4, -0.2) is 28.3 Å². The summed E-state index contributed by atoms with van der Waals surface area (Å²) in [5.74, 6) is -0.231. The number of phenols is 1. The Hall–Kier alpha value is -0.820. The summed E-state index contributed by atoms with van der Waals surface area (Å²) in [7, 11) is 0. The van der Waals surface area contributed by atoms with Crippen molar-refractivity contribution in [3.63, 3.8) is 0 Å². The van der Waals surface area contributed by atoms with Crippen LogP contribution in [-0.2, 0) is 0 Å². The number of hydrogen-bond donors (Lipinski definition) is 3. The Kier molecular flexibility index (Phi) is 4.15. The van der Waals surface area contributed by atoms with E-state index in [4.69, 9.17) is 0 Å². The molecular formula is C11H14INO3. The van der Waals surface area contributed by atoms with Gasteiger partial charge in [-0.05, 0) is 54.6 Å². The van der Waals surface area contributed by atoms with Crippen LogP contribution >= 0.6 is 22.6 Å². The lowest BCUT2D eigenvalue weighted by Crippen LogP contribution is -2.38. The first-order chi connectivity index (χ1) is 7.29. The quantitative estimate of drug-likeness (QED) is 0.733. The van der Waals surface area contributed by atoms with E-state index in [2.05, 4.69) is 5.32 Å². The second-order valence-electron chi connectivity index (χ2n) is 4.16. The largest absolute Gasteiger partial charge is 0.507 e. The number of carbonyl (C=O) groups excluding carboxylic acids is 1. The van der Waals surface area contributed by atoms with Crippen LogP contribution in [0.3, 0.4) is 0 Å². The van der Waals surface area contributed by atoms with Gasteiger partial charge >= 0.3 is 0 Å². The number of amides is 1. The summed E-state index contributed by atoms with van der Waals surface area (Å²) in [6.45, 7) is 3.38. The molecule has 88 valence electrons. The van der Waals surface area contributed by atoms with Crippen LogP contribution in [0.5, 0.6) is 5.75 Å². The highest BCUT2D eigenvalue weighted by molar-refractivity contribution is 14.1. The zero-order valence-corrected chi connectivity index (χ0v) is 11.3. The Balaban J connectivity index is 2.70. The predicted octanol–water partition coefficient (Wildman–Crippen LogP) is 1.50. The lowest BCUT2D eigenvalue weighted by molar-refractivity contribution is 0.0694. The normalized spacial score (nSPS) is 11.2. The lowest BCUT2D eigenvalue weighted by Gasteiger charge is -2.17. The molecule has 0 spiro atoms. The van der Waals surface area contributed by atoms with E-state index in [1.807, 2.05) is 22.6 Å². The van der Waals surface area contributed by atoms with Gasteiger partial charge in [-0.1, -0.05) is 0 Å². The predicted molar refractivity (Wildman–Crippen MR) is 69.5 cm³/mol. The molecule has 0 atom stereocenters. The minimum atomic E-state index is -0.944. The molecule has 5 heteroatoms. The van der Waals surface area contributed by atoms with Gasteiger partial charge in [-0.15, -0.1) is 0 Å². The summed E-state index contributed by atoms with van der Waals surface area (Å²) >= 11 is 1.98. The van der Waals surface area contributed by atoms with E-state index in [-0.39, 0.29) is 18.2 Å². The van der Waals surface area contributed by atoms with Crippen molar-refractivity contribution >= 4 is 28.5 Å². The average molecular weight is 335 g/mol. The van der Waals surface area contributed by atoms with Crippen LogP contribution in [0.1, 0.15) is 24.2 Å². The maximum atomic E-state index is 11.6. The number of carbonyl (C=O) groups is 1. The lowest BCUT2D eigenvalue weighted by atomic mass is 10.1. The number of aliphatic hydroxyl groups is 1. The fraction of sp³-hybridized carbons (Fsp3) is 0.364. The molecule has 0 bridgehead atoms. The molecule has 0 unspecified atom stereocenters. The van der Waals surface area contributed by atoms with Crippen molar-refractivity contribution in [2.24, 2.45) is 0 Å². The van der Waals surface area contributed by atoms with Crippen LogP contribution < -0.4 is 5.32 Å². The molecule has 0 aliphatic carbocycles. The van der Waals surface area contributed by atoms with Crippen LogP contribution in [0.2, 0.25) is 0 Å². The molecule has 0 fully saturated rings. The van der Waals surface area contributed by atoms with Gasteiger partial charge in [0.25, 0.3) is 5.91 Å². The number of rotatable bonds is 3. The highest BCUT2D eigenvalue weighted by Crippen LogP contribution is 2.20. The van der Waals surface area contributed by atoms with E-state index < -0.39 is 5.60 Å². The standard InChI is InChI=1S/C11H14INO3/c1-11(2,16)6-13-10(15)7-3-4-8(12)9(14)5-7/h3-5,14,16H,6H2,1-2H3,(H,13,15). The van der Waals surface area contributed by atoms with E-state index in [9.17, 15) is 15.0 Å². The number of nitrogens with one attached hydrogen (secondary N) is 1. The van der Waals surface area contributed by atoms with Crippen LogP contribution in [0.25, 0.3) is 0 Å². The third-order valence-corrected chi connectivity index (χ3v) is 2.80. The molecule has 1 amide bonds. The molecule has 4 nitrogen and oxygen atoms in total. The molecule has 0 aliphatic heterocycles. The van der Waals surface area contributed by atoms with Gasteiger partial charge in [0.2, 0.25) is 0 Å². The molecule has 1 rings (SSSR count). The third-order valence-electron chi connectivity index (χ3n) is 1.89. The maximum Gasteiger partial charge on any atom is 0.251 e. The summed E-state index contributed by atoms with van der Waals surface area (Å²) in [5.41, 5.74) is -0.567. The Labute approximate surface area is 108 Å². The number of aromatic hydroxyl groups is 1. The van der Waals surface area contributed by atoms with Gasteiger partial charge in [-0.25, -0.2) is 0 Å². The Bertz CT molecular complexity index is 399. The molecular weight excluding hydrogens is 321 g/mol. The fourth-order valence-electron chi connectivity index (χ4n) is 1.05. The number of phenolic OH excluding ortho intramolecular Hbond substituents is 1. The monoisotopic (exact) mass is 335 g/mol. The molecule has 0 saturated carbocycles. The zero-order valence-electron chi connectivity index (χ0n) is 9.12. The highest BCUT2D eigenvalue weighted by Gasteiger charge is 2.15. The first-order valence-electron chi connectivity index (χ1n) is 4.79. The Morgan fingerprint density at radius 1 is 1.50 bits per heavy atom. The third kappa shape index (κ3) is 3.97. The zero-order chi connectivity index (χ0) is 12.3. The summed E-state index contributed by atoms with van der Waals surface area (Å²) in [5, 5.41) is 21.5. The maximum absolute atomic E-state index is 11.6. The molecule has 0 aromatic heterocycles. The van der Waals surface area contributed by atoms with Gasteiger partial charge in [0.05, 0.1) is 9.17 Å². The molecule has 0 aliphatic rings. The fourth-order valence-corrected chi connectivity index (χ4v) is 1.39. The minimum Gasteiger partial charge on any atom is -0.507 e. The van der Waals surface area contributed by atoms with E-state index >= 15 is 0 Å². The van der Waals surface area contributed by atoms with Gasteiger partial charge in [-0.2, -0.15) is 0 Å². The van der Waals surface area contributed by atoms with Crippen molar-refractivity contribution in [1.82, 2.24) is 5.32 Å². The van der Waals surface area contributed by atoms with Gasteiger partial charge in [-0.3, -0.25) is 4.79 Å². The summed E-state index contributed by atoms with van der Waals surface area (Å²) in [6, 6.07) is 4.69. The van der Waals surface area contributed by atoms with Crippen molar-refractivity contribution in [1.29, 1.82) is 0 Å². The van der Waals surface area contributed by atoms with Gasteiger partial charge < -0.3 is 15.5 Å². The first kappa shape index (κ1) is 13.2. The molecule has 0 heterocycles. The smallest absolute Gasteiger partial charge is 0.251 e. The second kappa shape index (κ2) is 5.01. The van der Waals surface area contributed by atoms with E-state index in [0.717, 1.165) is 0 Å². The van der Waals surface area contributed by atoms with E-state index in [0.29, 0.717) is 9.13 Å². The average Bonchev–Trinajstić information content (AvgIpc) is 2.17. The van der Waals surface area contributed by atoms with Gasteiger partial charge in [0.1, 0.15) is 5.75 Å². The van der Waals surface area contributed by atoms with Crippen molar-refractivity contribution < 1.29 is 15.0 Å². The van der Waals surface area contributed by atoms with Crippen LogP contribution in [0.15, 0.2) is 18.2 Å². The first-order valence-corrected chi connectivity index (χ1v) is 5.86. The van der Waals surface area contributed by atoms with Crippen LogP contribution in [0, 0.1) is 3.57 Å². The molecule has 1 aromatic carbocycles. The summed E-state index contributed by atoms with van der Waals surface area (Å²) in [6.07, 6.45) is 0. The Morgan fingerprint density at radius 2 is 2.12 bits per heavy atom. The van der Waals surface area contributed by atoms with Gasteiger partial charge in [0, 0.05) is 12.1 Å². The van der Waals surface area contributed by atoms with E-state index in [1.165, 1.54) is 6.07 Å². The number of hydrogen-bond acceptors (Lipinski definition) is 3. The molecule has 3 N–H and O–H groups in total. The second-order valence-corrected chi connectivity index (χ2v) is 5.32. The molecule has 0 radical (unpaired) electrons. The number of halogens is 1. The summed E-state index contributed by atoms with van der Waals surface area (Å²) < 4.78 is 0.691. The highest BCUT2D eigenvalue weighted by atomic mass is 127. The van der Waals surface area contributed by atoms with Crippen molar-refractivity contribution in [2.45, 2.75) is 19.4 Å². The SMILES string of the molecule is CC(C)(O)CNC(=O)c1ccc(I)c(O)c1. The Morgan fingerprint density at radius 3 is 2.62 bits per heavy atom. The minimum absolute atomic E-state index is 0.0801. The summed E-state index contributed by atoms with van der Waals surface area (Å²) in [4.78, 5) is 11.6. The topological polar surface area (TPSA) is 69.6 Å². The van der Waals surface area contributed by atoms with E-state index in [1.54, 1.807) is 26.0 Å². The van der Waals surface area contributed by atoms with Gasteiger partial charge in [0.15, 0.2) is 0 Å². The molecule has 0 saturated heterocycles. The van der Waals surface area contributed by atoms with Crippen molar-refractivity contribution in [3.8, 4) is 5.75 Å². The van der Waals surface area contributed by atoms with Crippen molar-refractivity contribution in [2.75, 3.05) is 6.54 Å².